The maximum atomic E-state index is 11.6. The molecule has 2 N–H and O–H groups in total. The summed E-state index contributed by atoms with van der Waals surface area (Å²) in [4.78, 5) is 22.9. The molecule has 0 aromatic carbocycles. The van der Waals surface area contributed by atoms with Crippen molar-refractivity contribution in [1.29, 1.82) is 0 Å². The van der Waals surface area contributed by atoms with Gasteiger partial charge in [0.1, 0.15) is 5.54 Å². The molecule has 1 amide bonds. The second-order valence-electron chi connectivity index (χ2n) is 4.32. The molecule has 0 aromatic heterocycles. The minimum atomic E-state index is -1.06. The van der Waals surface area contributed by atoms with Crippen molar-refractivity contribution in [3.63, 3.8) is 0 Å². The van der Waals surface area contributed by atoms with Gasteiger partial charge in [0, 0.05) is 6.08 Å². The minimum absolute atomic E-state index is 0.340. The molecule has 17 heavy (non-hydrogen) atoms. The Balaban J connectivity index is 2.67. The Bertz CT molecular complexity index is 339. The summed E-state index contributed by atoms with van der Waals surface area (Å²) < 4.78 is 0. The lowest BCUT2D eigenvalue weighted by Gasteiger charge is -2.33. The first-order valence-corrected chi connectivity index (χ1v) is 5.95. The van der Waals surface area contributed by atoms with Crippen LogP contribution in [-0.4, -0.2) is 22.5 Å². The lowest BCUT2D eigenvalue weighted by molar-refractivity contribution is -0.148. The van der Waals surface area contributed by atoms with Crippen LogP contribution in [0.4, 0.5) is 0 Å². The van der Waals surface area contributed by atoms with Crippen LogP contribution in [0.1, 0.15) is 39.0 Å². The number of carbonyl (C=O) groups excluding carboxylic acids is 1. The zero-order valence-electron chi connectivity index (χ0n) is 10.1. The van der Waals surface area contributed by atoms with Crippen LogP contribution in [0.3, 0.4) is 0 Å². The van der Waals surface area contributed by atoms with Crippen molar-refractivity contribution in [2.24, 2.45) is 0 Å². The molecule has 1 rings (SSSR count). The van der Waals surface area contributed by atoms with Gasteiger partial charge >= 0.3 is 5.97 Å². The van der Waals surface area contributed by atoms with Crippen LogP contribution in [0.15, 0.2) is 24.3 Å². The number of amides is 1. The zero-order chi connectivity index (χ0) is 12.7. The molecule has 0 atom stereocenters. The Morgan fingerprint density at radius 2 is 1.82 bits per heavy atom. The van der Waals surface area contributed by atoms with Crippen molar-refractivity contribution in [2.75, 3.05) is 0 Å². The predicted octanol–water partition coefficient (Wildman–Crippen LogP) is 2.02. The first-order chi connectivity index (χ1) is 8.10. The number of carboxylic acids is 1. The highest BCUT2D eigenvalue weighted by Crippen LogP contribution is 2.28. The van der Waals surface area contributed by atoms with Crippen molar-refractivity contribution in [3.05, 3.63) is 24.3 Å². The van der Waals surface area contributed by atoms with Gasteiger partial charge in [0.2, 0.25) is 5.91 Å². The Kier molecular flexibility index (Phi) is 4.94. The molecule has 1 aliphatic rings. The highest BCUT2D eigenvalue weighted by molar-refractivity contribution is 5.93. The van der Waals surface area contributed by atoms with Gasteiger partial charge in [0.25, 0.3) is 0 Å². The molecule has 0 saturated heterocycles. The van der Waals surface area contributed by atoms with Crippen molar-refractivity contribution >= 4 is 11.9 Å². The Morgan fingerprint density at radius 1 is 1.18 bits per heavy atom. The molecule has 0 spiro atoms. The predicted molar refractivity (Wildman–Crippen MR) is 65.5 cm³/mol. The van der Waals surface area contributed by atoms with Gasteiger partial charge < -0.3 is 10.4 Å². The third kappa shape index (κ3) is 3.73. The SMILES string of the molecule is C/C=C/C=C/C(=O)NC1(C(=O)O)CCCCC1. The summed E-state index contributed by atoms with van der Waals surface area (Å²) in [6.07, 6.45) is 10.3. The summed E-state index contributed by atoms with van der Waals surface area (Å²) in [6.45, 7) is 1.85. The fourth-order valence-electron chi connectivity index (χ4n) is 2.08. The Hall–Kier alpha value is -1.58. The average Bonchev–Trinajstić information content (AvgIpc) is 2.30. The maximum absolute atomic E-state index is 11.6. The summed E-state index contributed by atoms with van der Waals surface area (Å²) in [5, 5.41) is 11.9. The maximum Gasteiger partial charge on any atom is 0.329 e. The highest BCUT2D eigenvalue weighted by atomic mass is 16.4. The summed E-state index contributed by atoms with van der Waals surface area (Å²) in [6, 6.07) is 0. The number of nitrogens with one attached hydrogen (secondary N) is 1. The van der Waals surface area contributed by atoms with E-state index in [0.717, 1.165) is 19.3 Å². The molecule has 94 valence electrons. The zero-order valence-corrected chi connectivity index (χ0v) is 10.1. The summed E-state index contributed by atoms with van der Waals surface area (Å²) in [5.74, 6) is -1.27. The normalized spacial score (nSPS) is 19.6. The molecule has 4 heteroatoms. The van der Waals surface area contributed by atoms with Crippen LogP contribution in [-0.2, 0) is 9.59 Å². The van der Waals surface area contributed by atoms with Gasteiger partial charge in [0.15, 0.2) is 0 Å². The molecule has 4 nitrogen and oxygen atoms in total. The molecule has 0 radical (unpaired) electrons. The van der Waals surface area contributed by atoms with E-state index in [1.165, 1.54) is 6.08 Å². The molecule has 1 fully saturated rings. The Morgan fingerprint density at radius 3 is 2.35 bits per heavy atom. The summed E-state index contributed by atoms with van der Waals surface area (Å²) in [5.41, 5.74) is -1.06. The topological polar surface area (TPSA) is 66.4 Å². The van der Waals surface area contributed by atoms with Crippen molar-refractivity contribution < 1.29 is 14.7 Å². The lowest BCUT2D eigenvalue weighted by Crippen LogP contribution is -2.55. The average molecular weight is 237 g/mol. The minimum Gasteiger partial charge on any atom is -0.480 e. The second kappa shape index (κ2) is 6.23. The van der Waals surface area contributed by atoms with Gasteiger partial charge in [-0.05, 0) is 19.8 Å². The van der Waals surface area contributed by atoms with Gasteiger partial charge in [-0.15, -0.1) is 0 Å². The van der Waals surface area contributed by atoms with Crippen LogP contribution in [0.25, 0.3) is 0 Å². The summed E-state index contributed by atoms with van der Waals surface area (Å²) in [7, 11) is 0. The molecule has 1 aliphatic carbocycles. The van der Waals surface area contributed by atoms with Gasteiger partial charge in [-0.3, -0.25) is 4.79 Å². The molecular formula is C13H19NO3. The van der Waals surface area contributed by atoms with Crippen LogP contribution >= 0.6 is 0 Å². The molecule has 1 saturated carbocycles. The number of hydrogen-bond acceptors (Lipinski definition) is 2. The number of allylic oxidation sites excluding steroid dienone is 3. The first-order valence-electron chi connectivity index (χ1n) is 5.95. The largest absolute Gasteiger partial charge is 0.480 e. The van der Waals surface area contributed by atoms with E-state index in [1.54, 1.807) is 18.2 Å². The van der Waals surface area contributed by atoms with Crippen LogP contribution < -0.4 is 5.32 Å². The standard InChI is InChI=1S/C13H19NO3/c1-2-3-5-8-11(15)14-13(12(16)17)9-6-4-7-10-13/h2-3,5,8H,4,6-7,9-10H2,1H3,(H,14,15)(H,16,17)/b3-2+,8-5+. The van der Waals surface area contributed by atoms with E-state index in [4.69, 9.17) is 0 Å². The van der Waals surface area contributed by atoms with Crippen molar-refractivity contribution in [2.45, 2.75) is 44.6 Å². The number of rotatable bonds is 4. The smallest absolute Gasteiger partial charge is 0.329 e. The van der Waals surface area contributed by atoms with Crippen molar-refractivity contribution in [1.82, 2.24) is 5.32 Å². The molecule has 0 aliphatic heterocycles. The van der Waals surface area contributed by atoms with E-state index in [2.05, 4.69) is 5.32 Å². The fourth-order valence-corrected chi connectivity index (χ4v) is 2.08. The molecule has 0 aromatic rings. The van der Waals surface area contributed by atoms with Gasteiger partial charge in [0.05, 0.1) is 0 Å². The van der Waals surface area contributed by atoms with Gasteiger partial charge in [-0.2, -0.15) is 0 Å². The monoisotopic (exact) mass is 237 g/mol. The molecular weight excluding hydrogens is 218 g/mol. The third-order valence-corrected chi connectivity index (χ3v) is 3.03. The number of aliphatic carboxylic acids is 1. The third-order valence-electron chi connectivity index (χ3n) is 3.03. The molecule has 0 unspecified atom stereocenters. The quantitative estimate of drug-likeness (QED) is 0.580. The van der Waals surface area contributed by atoms with E-state index in [9.17, 15) is 14.7 Å². The van der Waals surface area contributed by atoms with Crippen LogP contribution in [0, 0.1) is 0 Å². The number of hydrogen-bond donors (Lipinski definition) is 2. The van der Waals surface area contributed by atoms with E-state index >= 15 is 0 Å². The van der Waals surface area contributed by atoms with E-state index in [1.807, 2.05) is 6.92 Å². The number of carboxylic acid groups (broad SMARTS) is 1. The van der Waals surface area contributed by atoms with Crippen LogP contribution in [0.5, 0.6) is 0 Å². The van der Waals surface area contributed by atoms with Crippen molar-refractivity contribution in [3.8, 4) is 0 Å². The van der Waals surface area contributed by atoms with E-state index in [-0.39, 0.29) is 5.91 Å². The van der Waals surface area contributed by atoms with E-state index in [0.29, 0.717) is 12.8 Å². The first kappa shape index (κ1) is 13.5. The van der Waals surface area contributed by atoms with Gasteiger partial charge in [-0.1, -0.05) is 37.5 Å². The highest BCUT2D eigenvalue weighted by Gasteiger charge is 2.40. The van der Waals surface area contributed by atoms with E-state index < -0.39 is 11.5 Å². The molecule has 0 bridgehead atoms. The lowest BCUT2D eigenvalue weighted by atomic mass is 9.81. The second-order valence-corrected chi connectivity index (χ2v) is 4.32. The van der Waals surface area contributed by atoms with Crippen LogP contribution in [0.2, 0.25) is 0 Å². The number of carbonyl (C=O) groups is 2. The summed E-state index contributed by atoms with van der Waals surface area (Å²) >= 11 is 0. The molecule has 0 heterocycles. The Labute approximate surface area is 101 Å². The van der Waals surface area contributed by atoms with Gasteiger partial charge in [-0.25, -0.2) is 4.79 Å². The fraction of sp³-hybridized carbons (Fsp3) is 0.538.